The first kappa shape index (κ1) is 12.9. The number of amides is 1. The van der Waals surface area contributed by atoms with Crippen LogP contribution in [0, 0.1) is 0 Å². The first-order valence-corrected chi connectivity index (χ1v) is 7.10. The van der Waals surface area contributed by atoms with Crippen LogP contribution in [0.4, 0.5) is 5.69 Å². The molecule has 1 aliphatic rings. The number of rotatable bonds is 3. The van der Waals surface area contributed by atoms with E-state index in [-0.39, 0.29) is 11.2 Å². The molecular weight excluding hydrogens is 274 g/mol. The number of anilines is 1. The number of hydrogen-bond acceptors (Lipinski definition) is 3. The molecule has 2 nitrogen and oxygen atoms in total. The van der Waals surface area contributed by atoms with Crippen molar-refractivity contribution in [3.05, 3.63) is 29.3 Å². The van der Waals surface area contributed by atoms with Gasteiger partial charge in [0.2, 0.25) is 5.91 Å². The minimum atomic E-state index is -0.0248. The van der Waals surface area contributed by atoms with Gasteiger partial charge in [-0.25, -0.2) is 0 Å². The summed E-state index contributed by atoms with van der Waals surface area (Å²) in [5, 5.41) is 0.632. The van der Waals surface area contributed by atoms with Crippen LogP contribution in [-0.2, 0) is 4.79 Å². The van der Waals surface area contributed by atoms with E-state index in [0.29, 0.717) is 9.34 Å². The lowest BCUT2D eigenvalue weighted by Crippen LogP contribution is -2.31. The molecule has 2 rings (SSSR count). The fourth-order valence-corrected chi connectivity index (χ4v) is 3.50. The second-order valence-corrected chi connectivity index (χ2v) is 6.08. The number of benzene rings is 1. The number of hydrogen-bond donors (Lipinski definition) is 0. The Bertz CT molecular complexity index is 446. The van der Waals surface area contributed by atoms with Gasteiger partial charge in [0.15, 0.2) is 0 Å². The second kappa shape index (κ2) is 5.38. The molecule has 1 aliphatic heterocycles. The van der Waals surface area contributed by atoms with E-state index in [1.807, 2.05) is 12.1 Å². The van der Waals surface area contributed by atoms with Crippen LogP contribution in [0.25, 0.3) is 0 Å². The zero-order valence-electron chi connectivity index (χ0n) is 9.35. The Morgan fingerprint density at radius 3 is 2.65 bits per heavy atom. The van der Waals surface area contributed by atoms with Crippen molar-refractivity contribution in [2.45, 2.75) is 25.0 Å². The van der Waals surface area contributed by atoms with Crippen LogP contribution in [0.1, 0.15) is 19.8 Å². The fraction of sp³-hybridized carbons (Fsp3) is 0.333. The number of carbonyl (C=O) groups is 1. The van der Waals surface area contributed by atoms with Gasteiger partial charge in [-0.2, -0.15) is 0 Å². The number of thioether (sulfide) groups is 1. The first-order chi connectivity index (χ1) is 8.13. The van der Waals surface area contributed by atoms with Crippen LogP contribution in [0.5, 0.6) is 0 Å². The van der Waals surface area contributed by atoms with Crippen molar-refractivity contribution < 1.29 is 4.79 Å². The summed E-state index contributed by atoms with van der Waals surface area (Å²) < 4.78 is 0.635. The molecule has 0 bridgehead atoms. The van der Waals surface area contributed by atoms with Crippen molar-refractivity contribution in [1.29, 1.82) is 0 Å². The maximum atomic E-state index is 12.2. The van der Waals surface area contributed by atoms with Gasteiger partial charge in [-0.1, -0.05) is 48.9 Å². The van der Waals surface area contributed by atoms with E-state index in [4.69, 9.17) is 23.8 Å². The van der Waals surface area contributed by atoms with Gasteiger partial charge in [0.1, 0.15) is 4.32 Å². The lowest BCUT2D eigenvalue weighted by molar-refractivity contribution is -0.117. The van der Waals surface area contributed by atoms with Gasteiger partial charge in [0, 0.05) is 5.02 Å². The molecule has 0 saturated carbocycles. The van der Waals surface area contributed by atoms with E-state index >= 15 is 0 Å². The van der Waals surface area contributed by atoms with Gasteiger partial charge in [0.05, 0.1) is 10.9 Å². The van der Waals surface area contributed by atoms with E-state index in [9.17, 15) is 4.79 Å². The minimum Gasteiger partial charge on any atom is -0.273 e. The highest BCUT2D eigenvalue weighted by molar-refractivity contribution is 8.25. The molecule has 1 atom stereocenters. The summed E-state index contributed by atoms with van der Waals surface area (Å²) >= 11 is 12.6. The van der Waals surface area contributed by atoms with Crippen LogP contribution in [-0.4, -0.2) is 15.5 Å². The molecule has 1 fully saturated rings. The van der Waals surface area contributed by atoms with Gasteiger partial charge >= 0.3 is 0 Å². The van der Waals surface area contributed by atoms with Crippen molar-refractivity contribution >= 4 is 51.5 Å². The molecule has 1 aromatic rings. The monoisotopic (exact) mass is 285 g/mol. The zero-order chi connectivity index (χ0) is 12.4. The molecule has 1 amide bonds. The molecule has 1 aromatic carbocycles. The van der Waals surface area contributed by atoms with E-state index in [1.54, 1.807) is 17.0 Å². The van der Waals surface area contributed by atoms with Gasteiger partial charge in [-0.3, -0.25) is 9.69 Å². The molecule has 1 saturated heterocycles. The molecule has 0 N–H and O–H groups in total. The summed E-state index contributed by atoms with van der Waals surface area (Å²) in [4.78, 5) is 13.8. The third-order valence-corrected chi connectivity index (χ3v) is 4.39. The highest BCUT2D eigenvalue weighted by Gasteiger charge is 2.36. The lowest BCUT2D eigenvalue weighted by atomic mass is 10.2. The molecule has 0 aliphatic carbocycles. The Balaban J connectivity index is 2.24. The summed E-state index contributed by atoms with van der Waals surface area (Å²) in [6, 6.07) is 7.18. The second-order valence-electron chi connectivity index (χ2n) is 3.81. The van der Waals surface area contributed by atoms with Crippen LogP contribution in [0.15, 0.2) is 24.3 Å². The van der Waals surface area contributed by atoms with E-state index in [1.165, 1.54) is 11.8 Å². The van der Waals surface area contributed by atoms with E-state index in [0.717, 1.165) is 18.5 Å². The van der Waals surface area contributed by atoms with Crippen molar-refractivity contribution in [1.82, 2.24) is 0 Å². The van der Waals surface area contributed by atoms with Gasteiger partial charge < -0.3 is 0 Å². The average Bonchev–Trinajstić information content (AvgIpc) is 2.57. The lowest BCUT2D eigenvalue weighted by Gasteiger charge is -2.15. The number of carbonyl (C=O) groups excluding carboxylic acids is 1. The smallest absolute Gasteiger partial charge is 0.246 e. The summed E-state index contributed by atoms with van der Waals surface area (Å²) in [6.45, 7) is 2.07. The number of halogens is 1. The summed E-state index contributed by atoms with van der Waals surface area (Å²) in [5.74, 6) is 0.0872. The quantitative estimate of drug-likeness (QED) is 0.786. The topological polar surface area (TPSA) is 20.3 Å². The predicted molar refractivity (Wildman–Crippen MR) is 77.8 cm³/mol. The molecule has 90 valence electrons. The molecule has 1 heterocycles. The Morgan fingerprint density at radius 1 is 1.41 bits per heavy atom. The van der Waals surface area contributed by atoms with Crippen molar-refractivity contribution in [3.8, 4) is 0 Å². The Hall–Kier alpha value is -0.580. The Kier molecular flexibility index (Phi) is 4.07. The predicted octanol–water partition coefficient (Wildman–Crippen LogP) is 3.87. The number of nitrogens with zero attached hydrogens (tertiary/aromatic N) is 1. The highest BCUT2D eigenvalue weighted by Crippen LogP contribution is 2.34. The van der Waals surface area contributed by atoms with Crippen LogP contribution < -0.4 is 4.90 Å². The molecule has 0 spiro atoms. The average molecular weight is 286 g/mol. The Labute approximate surface area is 115 Å². The largest absolute Gasteiger partial charge is 0.273 e. The molecule has 0 aromatic heterocycles. The number of thiocarbonyl (C=S) groups is 1. The standard InChI is InChI=1S/C12H12ClNOS2/c1-2-3-10-11(15)14(12(16)17-10)9-6-4-8(13)5-7-9/h4-7,10H,2-3H2,1H3/t10-/m0/s1. The minimum absolute atomic E-state index is 0.0248. The van der Waals surface area contributed by atoms with Crippen LogP contribution >= 0.6 is 35.6 Å². The fourth-order valence-electron chi connectivity index (χ4n) is 1.73. The first-order valence-electron chi connectivity index (χ1n) is 5.43. The van der Waals surface area contributed by atoms with Crippen molar-refractivity contribution in [2.24, 2.45) is 0 Å². The van der Waals surface area contributed by atoms with Crippen LogP contribution in [0.3, 0.4) is 0 Å². The maximum Gasteiger partial charge on any atom is 0.246 e. The van der Waals surface area contributed by atoms with Gasteiger partial charge in [-0.15, -0.1) is 0 Å². The van der Waals surface area contributed by atoms with Crippen molar-refractivity contribution in [3.63, 3.8) is 0 Å². The van der Waals surface area contributed by atoms with Crippen LogP contribution in [0.2, 0.25) is 5.02 Å². The molecule has 0 unspecified atom stereocenters. The maximum absolute atomic E-state index is 12.2. The highest BCUT2D eigenvalue weighted by atomic mass is 35.5. The summed E-state index contributed by atoms with van der Waals surface area (Å²) in [5.41, 5.74) is 0.801. The van der Waals surface area contributed by atoms with E-state index in [2.05, 4.69) is 6.92 Å². The molecule has 5 heteroatoms. The zero-order valence-corrected chi connectivity index (χ0v) is 11.7. The Morgan fingerprint density at radius 2 is 2.06 bits per heavy atom. The third-order valence-electron chi connectivity index (χ3n) is 2.56. The summed E-state index contributed by atoms with van der Waals surface area (Å²) in [6.07, 6.45) is 1.86. The normalized spacial score (nSPS) is 20.1. The van der Waals surface area contributed by atoms with E-state index < -0.39 is 0 Å². The van der Waals surface area contributed by atoms with Crippen molar-refractivity contribution in [2.75, 3.05) is 4.90 Å². The SMILES string of the molecule is CCC[C@@H]1SC(=S)N(c2ccc(Cl)cc2)C1=O. The summed E-state index contributed by atoms with van der Waals surface area (Å²) in [7, 11) is 0. The molecule has 17 heavy (non-hydrogen) atoms. The van der Waals surface area contributed by atoms with Gasteiger partial charge in [0.25, 0.3) is 0 Å². The van der Waals surface area contributed by atoms with Gasteiger partial charge in [-0.05, 0) is 30.7 Å². The molecular formula is C12H12ClNOS2. The third kappa shape index (κ3) is 2.64. The molecule has 0 radical (unpaired) electrons.